The smallest absolute Gasteiger partial charge is 0.244 e. The van der Waals surface area contributed by atoms with E-state index >= 15 is 0 Å². The SMILES string of the molecule is CC[C@H](C(=O)NC1CCN(C)CC1)N(c1ccc(OC)cc1)S(C)(=O)=O. The van der Waals surface area contributed by atoms with Crippen molar-refractivity contribution >= 4 is 21.6 Å². The van der Waals surface area contributed by atoms with Gasteiger partial charge in [0.15, 0.2) is 0 Å². The highest BCUT2D eigenvalue weighted by molar-refractivity contribution is 7.92. The van der Waals surface area contributed by atoms with Gasteiger partial charge in [0.05, 0.1) is 19.1 Å². The zero-order valence-corrected chi connectivity index (χ0v) is 16.8. The van der Waals surface area contributed by atoms with Gasteiger partial charge in [-0.25, -0.2) is 8.42 Å². The molecule has 0 radical (unpaired) electrons. The maximum atomic E-state index is 12.9. The summed E-state index contributed by atoms with van der Waals surface area (Å²) in [4.78, 5) is 15.1. The summed E-state index contributed by atoms with van der Waals surface area (Å²) in [6, 6.07) is 6.00. The number of hydrogen-bond donors (Lipinski definition) is 1. The molecule has 2 rings (SSSR count). The summed E-state index contributed by atoms with van der Waals surface area (Å²) in [5.41, 5.74) is 0.457. The molecule has 1 aliphatic rings. The van der Waals surface area contributed by atoms with Crippen molar-refractivity contribution in [1.82, 2.24) is 10.2 Å². The number of nitrogens with zero attached hydrogens (tertiary/aromatic N) is 2. The lowest BCUT2D eigenvalue weighted by atomic mass is 10.0. The second kappa shape index (κ2) is 8.73. The fourth-order valence-corrected chi connectivity index (χ4v) is 4.45. The molecule has 1 aromatic carbocycles. The van der Waals surface area contributed by atoms with Gasteiger partial charge in [-0.05, 0) is 63.7 Å². The number of methoxy groups -OCH3 is 1. The first-order valence-electron chi connectivity index (χ1n) is 8.88. The first-order chi connectivity index (χ1) is 12.3. The van der Waals surface area contributed by atoms with E-state index in [0.717, 1.165) is 32.2 Å². The quantitative estimate of drug-likeness (QED) is 0.771. The van der Waals surface area contributed by atoms with Gasteiger partial charge < -0.3 is 15.0 Å². The molecule has 146 valence electrons. The summed E-state index contributed by atoms with van der Waals surface area (Å²) in [6.45, 7) is 3.67. The Balaban J connectivity index is 2.21. The van der Waals surface area contributed by atoms with Gasteiger partial charge in [-0.1, -0.05) is 6.92 Å². The maximum Gasteiger partial charge on any atom is 0.244 e. The van der Waals surface area contributed by atoms with E-state index in [9.17, 15) is 13.2 Å². The second-order valence-corrected chi connectivity index (χ2v) is 8.63. The van der Waals surface area contributed by atoms with Gasteiger partial charge in [0.2, 0.25) is 15.9 Å². The van der Waals surface area contributed by atoms with Crippen LogP contribution in [0.4, 0.5) is 5.69 Å². The summed E-state index contributed by atoms with van der Waals surface area (Å²) in [7, 11) is -0.0137. The van der Waals surface area contributed by atoms with Crippen molar-refractivity contribution in [2.75, 3.05) is 37.8 Å². The molecule has 1 amide bonds. The minimum atomic E-state index is -3.62. The molecule has 1 N–H and O–H groups in total. The van der Waals surface area contributed by atoms with E-state index in [1.807, 2.05) is 6.92 Å². The predicted octanol–water partition coefficient (Wildman–Crippen LogP) is 1.45. The first kappa shape index (κ1) is 20.5. The monoisotopic (exact) mass is 383 g/mol. The number of piperidine rings is 1. The Morgan fingerprint density at radius 2 is 1.88 bits per heavy atom. The molecule has 0 bridgehead atoms. The minimum absolute atomic E-state index is 0.0880. The van der Waals surface area contributed by atoms with E-state index in [1.165, 1.54) is 4.31 Å². The van der Waals surface area contributed by atoms with Crippen LogP contribution < -0.4 is 14.4 Å². The number of anilines is 1. The third-order valence-electron chi connectivity index (χ3n) is 4.72. The molecule has 1 aliphatic heterocycles. The van der Waals surface area contributed by atoms with E-state index in [-0.39, 0.29) is 11.9 Å². The maximum absolute atomic E-state index is 12.9. The van der Waals surface area contributed by atoms with Crippen molar-refractivity contribution in [2.24, 2.45) is 0 Å². The van der Waals surface area contributed by atoms with Crippen LogP contribution >= 0.6 is 0 Å². The molecular weight excluding hydrogens is 354 g/mol. The van der Waals surface area contributed by atoms with E-state index in [1.54, 1.807) is 31.4 Å². The summed E-state index contributed by atoms with van der Waals surface area (Å²) in [6.07, 6.45) is 3.26. The molecule has 0 saturated carbocycles. The molecule has 1 heterocycles. The molecule has 26 heavy (non-hydrogen) atoms. The molecule has 8 heteroatoms. The fraction of sp³-hybridized carbons (Fsp3) is 0.611. The van der Waals surface area contributed by atoms with Crippen LogP contribution in [0.25, 0.3) is 0 Å². The van der Waals surface area contributed by atoms with E-state index in [2.05, 4.69) is 17.3 Å². The van der Waals surface area contributed by atoms with Gasteiger partial charge >= 0.3 is 0 Å². The number of sulfonamides is 1. The third kappa shape index (κ3) is 5.11. The number of benzene rings is 1. The number of rotatable bonds is 7. The number of hydrogen-bond acceptors (Lipinski definition) is 5. The minimum Gasteiger partial charge on any atom is -0.497 e. The standard InChI is InChI=1S/C18H29N3O4S/c1-5-17(18(22)19-14-10-12-20(2)13-11-14)21(26(4,23)24)15-6-8-16(25-3)9-7-15/h6-9,14,17H,5,10-13H2,1-4H3,(H,19,22)/t17-/m1/s1. The van der Waals surface area contributed by atoms with Crippen LogP contribution in [0.2, 0.25) is 0 Å². The van der Waals surface area contributed by atoms with E-state index in [4.69, 9.17) is 4.74 Å². The van der Waals surface area contributed by atoms with Crippen LogP contribution in [0.1, 0.15) is 26.2 Å². The van der Waals surface area contributed by atoms with Gasteiger partial charge in [0.1, 0.15) is 11.8 Å². The molecule has 1 aromatic rings. The zero-order valence-electron chi connectivity index (χ0n) is 15.9. The average molecular weight is 384 g/mol. The van der Waals surface area contributed by atoms with Crippen molar-refractivity contribution in [1.29, 1.82) is 0 Å². The average Bonchev–Trinajstić information content (AvgIpc) is 2.60. The Kier molecular flexibility index (Phi) is 6.88. The van der Waals surface area contributed by atoms with Crippen LogP contribution in [0.3, 0.4) is 0 Å². The van der Waals surface area contributed by atoms with Gasteiger partial charge in [-0.2, -0.15) is 0 Å². The van der Waals surface area contributed by atoms with Gasteiger partial charge in [0, 0.05) is 6.04 Å². The predicted molar refractivity (Wildman–Crippen MR) is 103 cm³/mol. The lowest BCUT2D eigenvalue weighted by Crippen LogP contribution is -2.53. The Morgan fingerprint density at radius 3 is 2.35 bits per heavy atom. The highest BCUT2D eigenvalue weighted by Gasteiger charge is 2.32. The highest BCUT2D eigenvalue weighted by atomic mass is 32.2. The molecule has 0 aromatic heterocycles. The number of ether oxygens (including phenoxy) is 1. The molecule has 0 unspecified atom stereocenters. The molecule has 0 spiro atoms. The molecule has 0 aliphatic carbocycles. The number of nitrogens with one attached hydrogen (secondary N) is 1. The van der Waals surface area contributed by atoms with Crippen LogP contribution in [-0.4, -0.2) is 64.8 Å². The lowest BCUT2D eigenvalue weighted by Gasteiger charge is -2.34. The van der Waals surface area contributed by atoms with E-state index < -0.39 is 16.1 Å². The first-order valence-corrected chi connectivity index (χ1v) is 10.7. The summed E-state index contributed by atoms with van der Waals surface area (Å²) in [5.74, 6) is 0.384. The second-order valence-electron chi connectivity index (χ2n) is 6.77. The fourth-order valence-electron chi connectivity index (χ4n) is 3.24. The molecular formula is C18H29N3O4S. The largest absolute Gasteiger partial charge is 0.497 e. The molecule has 1 saturated heterocycles. The normalized spacial score (nSPS) is 17.5. The lowest BCUT2D eigenvalue weighted by molar-refractivity contribution is -0.123. The van der Waals surface area contributed by atoms with Crippen molar-refractivity contribution in [2.45, 2.75) is 38.3 Å². The Labute approximate surface area is 156 Å². The van der Waals surface area contributed by atoms with Crippen LogP contribution in [-0.2, 0) is 14.8 Å². The molecule has 7 nitrogen and oxygen atoms in total. The highest BCUT2D eigenvalue weighted by Crippen LogP contribution is 2.25. The van der Waals surface area contributed by atoms with Crippen molar-refractivity contribution in [3.63, 3.8) is 0 Å². The number of likely N-dealkylation sites (tertiary alicyclic amines) is 1. The Morgan fingerprint density at radius 1 is 1.31 bits per heavy atom. The topological polar surface area (TPSA) is 79.0 Å². The van der Waals surface area contributed by atoms with Crippen LogP contribution in [0.15, 0.2) is 24.3 Å². The van der Waals surface area contributed by atoms with Crippen molar-refractivity contribution in [3.05, 3.63) is 24.3 Å². The molecule has 1 atom stereocenters. The van der Waals surface area contributed by atoms with Crippen LogP contribution in [0.5, 0.6) is 5.75 Å². The summed E-state index contributed by atoms with van der Waals surface area (Å²) in [5, 5.41) is 3.04. The number of amides is 1. The van der Waals surface area contributed by atoms with Gasteiger partial charge in [-0.15, -0.1) is 0 Å². The van der Waals surface area contributed by atoms with Crippen molar-refractivity contribution in [3.8, 4) is 5.75 Å². The summed E-state index contributed by atoms with van der Waals surface area (Å²) >= 11 is 0. The van der Waals surface area contributed by atoms with Gasteiger partial charge in [-0.3, -0.25) is 9.10 Å². The summed E-state index contributed by atoms with van der Waals surface area (Å²) < 4.78 is 31.2. The number of carbonyl (C=O) groups excluding carboxylic acids is 1. The van der Waals surface area contributed by atoms with Gasteiger partial charge in [0.25, 0.3) is 0 Å². The number of carbonyl (C=O) groups is 1. The van der Waals surface area contributed by atoms with Crippen LogP contribution in [0, 0.1) is 0 Å². The third-order valence-corrected chi connectivity index (χ3v) is 5.90. The van der Waals surface area contributed by atoms with E-state index in [0.29, 0.717) is 17.9 Å². The molecule has 1 fully saturated rings. The zero-order chi connectivity index (χ0) is 19.3. The van der Waals surface area contributed by atoms with Crippen molar-refractivity contribution < 1.29 is 17.9 Å². The Bertz CT molecular complexity index is 698. The Hall–Kier alpha value is -1.80.